The fraction of sp³-hybridized carbons (Fsp3) is 0.682. The van der Waals surface area contributed by atoms with Crippen LogP contribution in [0.3, 0.4) is 0 Å². The molecule has 0 bridgehead atoms. The van der Waals surface area contributed by atoms with E-state index in [9.17, 15) is 14.9 Å². The normalized spacial score (nSPS) is 10.7. The van der Waals surface area contributed by atoms with Gasteiger partial charge in [-0.2, -0.15) is 0 Å². The second kappa shape index (κ2) is 17.7. The van der Waals surface area contributed by atoms with Crippen LogP contribution in [0.2, 0.25) is 0 Å². The van der Waals surface area contributed by atoms with Crippen LogP contribution in [0.25, 0.3) is 0 Å². The summed E-state index contributed by atoms with van der Waals surface area (Å²) in [6, 6.07) is 5.89. The van der Waals surface area contributed by atoms with Crippen molar-refractivity contribution in [1.82, 2.24) is 0 Å². The summed E-state index contributed by atoms with van der Waals surface area (Å²) in [5, 5.41) is 10.6. The van der Waals surface area contributed by atoms with Crippen LogP contribution in [-0.4, -0.2) is 50.5 Å². The zero-order chi connectivity index (χ0) is 21.9. The Morgan fingerprint density at radius 1 is 0.833 bits per heavy atom. The van der Waals surface area contributed by atoms with Crippen molar-refractivity contribution < 1.29 is 28.7 Å². The van der Waals surface area contributed by atoms with Crippen LogP contribution in [0.4, 0.5) is 5.69 Å². The van der Waals surface area contributed by atoms with E-state index in [1.165, 1.54) is 44.2 Å². The fourth-order valence-electron chi connectivity index (χ4n) is 2.72. The first-order chi connectivity index (χ1) is 14.6. The Bertz CT molecular complexity index is 577. The third kappa shape index (κ3) is 13.9. The largest absolute Gasteiger partial charge is 0.491 e. The van der Waals surface area contributed by atoms with Crippen molar-refractivity contribution in [3.63, 3.8) is 0 Å². The lowest BCUT2D eigenvalue weighted by Crippen LogP contribution is -2.14. The summed E-state index contributed by atoms with van der Waals surface area (Å²) in [5.74, 6) is 0.394. The lowest BCUT2D eigenvalue weighted by atomic mass is 10.1. The minimum absolute atomic E-state index is 0.0271. The number of unbranched alkanes of at least 4 members (excludes halogenated alkanes) is 6. The third-order valence-corrected chi connectivity index (χ3v) is 4.39. The lowest BCUT2D eigenvalue weighted by Gasteiger charge is -2.08. The number of nitro benzene ring substituents is 1. The summed E-state index contributed by atoms with van der Waals surface area (Å²) in [5.41, 5.74) is 0.0271. The third-order valence-electron chi connectivity index (χ3n) is 4.39. The number of nitro groups is 1. The van der Waals surface area contributed by atoms with E-state index in [1.54, 1.807) is 12.1 Å². The molecule has 8 nitrogen and oxygen atoms in total. The molecule has 0 saturated heterocycles. The molecule has 30 heavy (non-hydrogen) atoms. The summed E-state index contributed by atoms with van der Waals surface area (Å²) in [7, 11) is 0. The van der Waals surface area contributed by atoms with Crippen molar-refractivity contribution in [3.05, 3.63) is 34.4 Å². The van der Waals surface area contributed by atoms with Gasteiger partial charge in [-0.15, -0.1) is 0 Å². The number of hydrogen-bond donors (Lipinski definition) is 0. The number of carbonyl (C=O) groups is 1. The number of non-ortho nitro benzene ring substituents is 1. The van der Waals surface area contributed by atoms with E-state index in [4.69, 9.17) is 18.9 Å². The van der Waals surface area contributed by atoms with Gasteiger partial charge < -0.3 is 18.9 Å². The van der Waals surface area contributed by atoms with Crippen LogP contribution in [0.1, 0.15) is 58.3 Å². The van der Waals surface area contributed by atoms with E-state index in [1.807, 2.05) is 0 Å². The minimum atomic E-state index is -0.454. The zero-order valence-corrected chi connectivity index (χ0v) is 18.0. The summed E-state index contributed by atoms with van der Waals surface area (Å²) in [6.45, 7) is 4.36. The molecule has 0 spiro atoms. The van der Waals surface area contributed by atoms with Crippen LogP contribution in [0.15, 0.2) is 24.3 Å². The van der Waals surface area contributed by atoms with Gasteiger partial charge in [-0.3, -0.25) is 14.9 Å². The van der Waals surface area contributed by atoms with Gasteiger partial charge in [0.05, 0.1) is 31.4 Å². The van der Waals surface area contributed by atoms with Crippen molar-refractivity contribution in [2.45, 2.75) is 58.3 Å². The van der Waals surface area contributed by atoms with E-state index in [-0.39, 0.29) is 18.3 Å². The highest BCUT2D eigenvalue weighted by Crippen LogP contribution is 2.17. The van der Waals surface area contributed by atoms with Gasteiger partial charge in [-0.05, 0) is 18.6 Å². The highest BCUT2D eigenvalue weighted by Gasteiger charge is 2.04. The van der Waals surface area contributed by atoms with Crippen molar-refractivity contribution >= 4 is 11.7 Å². The Morgan fingerprint density at radius 3 is 2.03 bits per heavy atom. The number of rotatable bonds is 19. The van der Waals surface area contributed by atoms with Crippen LogP contribution in [0.5, 0.6) is 5.75 Å². The Kier molecular flexibility index (Phi) is 15.2. The monoisotopic (exact) mass is 425 g/mol. The molecule has 0 aliphatic heterocycles. The van der Waals surface area contributed by atoms with Gasteiger partial charge in [-0.25, -0.2) is 0 Å². The first kappa shape index (κ1) is 25.8. The molecule has 0 aromatic heterocycles. The molecule has 0 unspecified atom stereocenters. The maximum atomic E-state index is 11.6. The molecular weight excluding hydrogens is 390 g/mol. The lowest BCUT2D eigenvalue weighted by molar-refractivity contribution is -0.384. The summed E-state index contributed by atoms with van der Waals surface area (Å²) < 4.78 is 21.3. The molecule has 0 amide bonds. The smallest absolute Gasteiger partial charge is 0.305 e. The summed E-state index contributed by atoms with van der Waals surface area (Å²) >= 11 is 0. The van der Waals surface area contributed by atoms with Gasteiger partial charge in [0.25, 0.3) is 5.69 Å². The first-order valence-electron chi connectivity index (χ1n) is 10.8. The molecule has 1 aromatic carbocycles. The van der Waals surface area contributed by atoms with Crippen LogP contribution in [0, 0.1) is 10.1 Å². The maximum absolute atomic E-state index is 11.6. The van der Waals surface area contributed by atoms with Gasteiger partial charge in [0.1, 0.15) is 19.0 Å². The van der Waals surface area contributed by atoms with Crippen molar-refractivity contribution in [3.8, 4) is 5.75 Å². The molecule has 170 valence electrons. The van der Waals surface area contributed by atoms with E-state index in [0.29, 0.717) is 45.2 Å². The number of benzene rings is 1. The highest BCUT2D eigenvalue weighted by atomic mass is 16.6. The average Bonchev–Trinajstić information content (AvgIpc) is 2.74. The van der Waals surface area contributed by atoms with Crippen molar-refractivity contribution in [1.29, 1.82) is 0 Å². The van der Waals surface area contributed by atoms with Crippen LogP contribution >= 0.6 is 0 Å². The number of ether oxygens (including phenoxy) is 4. The Morgan fingerprint density at radius 2 is 1.40 bits per heavy atom. The van der Waals surface area contributed by atoms with Crippen molar-refractivity contribution in [2.75, 3.05) is 39.6 Å². The highest BCUT2D eigenvalue weighted by molar-refractivity contribution is 5.69. The van der Waals surface area contributed by atoms with Crippen LogP contribution in [-0.2, 0) is 19.0 Å². The van der Waals surface area contributed by atoms with Gasteiger partial charge in [0, 0.05) is 18.6 Å². The molecule has 0 saturated carbocycles. The number of nitrogens with zero attached hydrogens (tertiary/aromatic N) is 1. The molecule has 8 heteroatoms. The second-order valence-corrected chi connectivity index (χ2v) is 6.92. The molecule has 0 aliphatic carbocycles. The molecular formula is C22H35NO7. The molecule has 0 atom stereocenters. The number of hydrogen-bond acceptors (Lipinski definition) is 7. The van der Waals surface area contributed by atoms with Crippen LogP contribution < -0.4 is 4.74 Å². The predicted molar refractivity (Wildman–Crippen MR) is 114 cm³/mol. The molecule has 0 fully saturated rings. The zero-order valence-electron chi connectivity index (χ0n) is 18.0. The van der Waals surface area contributed by atoms with Gasteiger partial charge >= 0.3 is 5.97 Å². The van der Waals surface area contributed by atoms with Gasteiger partial charge in [0.15, 0.2) is 0 Å². The van der Waals surface area contributed by atoms with Gasteiger partial charge in [-0.1, -0.05) is 45.4 Å². The van der Waals surface area contributed by atoms with E-state index >= 15 is 0 Å². The topological polar surface area (TPSA) is 97.1 Å². The standard InChI is InChI=1S/C22H35NO7/c1-2-3-4-5-6-7-8-9-22(24)30-19-17-28-15-14-27-16-18-29-21-12-10-20(11-13-21)23(25)26/h10-13H,2-9,14-19H2,1H3. The predicted octanol–water partition coefficient (Wildman–Crippen LogP) is 4.69. The fourth-order valence-corrected chi connectivity index (χ4v) is 2.72. The molecule has 1 rings (SSSR count). The quantitative estimate of drug-likeness (QED) is 0.137. The Balaban J connectivity index is 1.84. The first-order valence-corrected chi connectivity index (χ1v) is 10.8. The maximum Gasteiger partial charge on any atom is 0.305 e. The SMILES string of the molecule is CCCCCCCCCC(=O)OCCOCCOCCOc1ccc([N+](=O)[O-])cc1. The minimum Gasteiger partial charge on any atom is -0.491 e. The van der Waals surface area contributed by atoms with E-state index < -0.39 is 4.92 Å². The molecule has 0 radical (unpaired) electrons. The molecule has 0 N–H and O–H groups in total. The number of carbonyl (C=O) groups excluding carboxylic acids is 1. The molecule has 0 aliphatic rings. The van der Waals surface area contributed by atoms with Gasteiger partial charge in [0.2, 0.25) is 0 Å². The summed E-state index contributed by atoms with van der Waals surface area (Å²) in [4.78, 5) is 21.7. The second-order valence-electron chi connectivity index (χ2n) is 6.92. The number of esters is 1. The van der Waals surface area contributed by atoms with Crippen molar-refractivity contribution in [2.24, 2.45) is 0 Å². The van der Waals surface area contributed by atoms with E-state index in [2.05, 4.69) is 6.92 Å². The summed E-state index contributed by atoms with van der Waals surface area (Å²) in [6.07, 6.45) is 8.72. The molecule has 1 aromatic rings. The Labute approximate surface area is 179 Å². The average molecular weight is 426 g/mol. The molecule has 0 heterocycles. The Hall–Kier alpha value is -2.19. The van der Waals surface area contributed by atoms with E-state index in [0.717, 1.165) is 12.8 Å².